The van der Waals surface area contributed by atoms with E-state index in [2.05, 4.69) is 10.6 Å². The number of aliphatic carboxylic acids is 1. The van der Waals surface area contributed by atoms with Gasteiger partial charge in [-0.05, 0) is 54.0 Å². The van der Waals surface area contributed by atoms with Crippen molar-refractivity contribution in [2.75, 3.05) is 24.3 Å². The second-order valence-electron chi connectivity index (χ2n) is 7.56. The van der Waals surface area contributed by atoms with E-state index in [1.54, 1.807) is 24.3 Å². The standard InChI is InChI=1S/C24H22N2O5/c1-13(27)17-5-4-15(11-23(17)31-2)16-9-20-18(22(28)10-16)12-25-21-7-14(8-24(29)30)3-6-19(21)26-20/h3-7,9,11,25-26H,8,10,12H2,1-2H3,(H,29,30). The number of benzene rings is 2. The quantitative estimate of drug-likeness (QED) is 0.636. The molecule has 0 amide bonds. The summed E-state index contributed by atoms with van der Waals surface area (Å²) < 4.78 is 5.36. The molecule has 1 aliphatic heterocycles. The number of allylic oxidation sites excluding steroid dienone is 2. The van der Waals surface area contributed by atoms with E-state index < -0.39 is 5.97 Å². The Bertz CT molecular complexity index is 1180. The molecule has 7 nitrogen and oxygen atoms in total. The lowest BCUT2D eigenvalue weighted by atomic mass is 9.89. The minimum atomic E-state index is -0.895. The van der Waals surface area contributed by atoms with Gasteiger partial charge >= 0.3 is 5.97 Å². The summed E-state index contributed by atoms with van der Waals surface area (Å²) in [6, 6.07) is 10.7. The van der Waals surface area contributed by atoms with Crippen LogP contribution in [0, 0.1) is 0 Å². The summed E-state index contributed by atoms with van der Waals surface area (Å²) in [5.41, 5.74) is 5.70. The van der Waals surface area contributed by atoms with E-state index >= 15 is 0 Å². The van der Waals surface area contributed by atoms with E-state index in [1.165, 1.54) is 14.0 Å². The Kier molecular flexibility index (Phi) is 5.33. The fourth-order valence-corrected chi connectivity index (χ4v) is 3.87. The van der Waals surface area contributed by atoms with Crippen molar-refractivity contribution in [3.05, 3.63) is 70.4 Å². The van der Waals surface area contributed by atoms with Crippen molar-refractivity contribution in [2.24, 2.45) is 0 Å². The van der Waals surface area contributed by atoms with Gasteiger partial charge in [0, 0.05) is 24.2 Å². The summed E-state index contributed by atoms with van der Waals surface area (Å²) in [6.45, 7) is 1.83. The molecule has 4 rings (SSSR count). The first kappa shape index (κ1) is 20.4. The van der Waals surface area contributed by atoms with Crippen molar-refractivity contribution in [1.82, 2.24) is 0 Å². The average Bonchev–Trinajstić information content (AvgIpc) is 2.92. The lowest BCUT2D eigenvalue weighted by molar-refractivity contribution is -0.136. The molecule has 7 heteroatoms. The van der Waals surface area contributed by atoms with Crippen LogP contribution in [0.3, 0.4) is 0 Å². The smallest absolute Gasteiger partial charge is 0.307 e. The molecule has 1 heterocycles. The number of Topliss-reactive ketones (excluding diaryl/α,β-unsaturated/α-hetero) is 2. The van der Waals surface area contributed by atoms with Gasteiger partial charge in [0.2, 0.25) is 0 Å². The van der Waals surface area contributed by atoms with E-state index in [0.717, 1.165) is 22.5 Å². The van der Waals surface area contributed by atoms with Gasteiger partial charge in [0.25, 0.3) is 0 Å². The summed E-state index contributed by atoms with van der Waals surface area (Å²) >= 11 is 0. The molecule has 0 aromatic heterocycles. The van der Waals surface area contributed by atoms with Gasteiger partial charge in [-0.2, -0.15) is 0 Å². The van der Waals surface area contributed by atoms with E-state index in [0.29, 0.717) is 34.7 Å². The summed E-state index contributed by atoms with van der Waals surface area (Å²) in [5, 5.41) is 15.6. The van der Waals surface area contributed by atoms with Crippen LogP contribution in [0.15, 0.2) is 53.7 Å². The number of rotatable bonds is 5. The van der Waals surface area contributed by atoms with Crippen molar-refractivity contribution in [2.45, 2.75) is 19.8 Å². The first-order valence-electron chi connectivity index (χ1n) is 9.87. The number of methoxy groups -OCH3 is 1. The zero-order valence-electron chi connectivity index (χ0n) is 17.2. The van der Waals surface area contributed by atoms with Crippen molar-refractivity contribution in [3.8, 4) is 5.75 Å². The highest BCUT2D eigenvalue weighted by molar-refractivity contribution is 6.07. The van der Waals surface area contributed by atoms with Gasteiger partial charge in [-0.15, -0.1) is 0 Å². The number of carbonyl (C=O) groups excluding carboxylic acids is 2. The molecule has 0 atom stereocenters. The molecule has 158 valence electrons. The fourth-order valence-electron chi connectivity index (χ4n) is 3.87. The van der Waals surface area contributed by atoms with E-state index in [4.69, 9.17) is 9.84 Å². The molecule has 2 aliphatic rings. The molecule has 2 aromatic rings. The number of fused-ring (bicyclic) bond motifs is 1. The molecule has 31 heavy (non-hydrogen) atoms. The number of ketones is 2. The number of anilines is 2. The van der Waals surface area contributed by atoms with Gasteiger partial charge in [-0.25, -0.2) is 0 Å². The Labute approximate surface area is 179 Å². The van der Waals surface area contributed by atoms with E-state index in [1.807, 2.05) is 18.2 Å². The molecule has 2 aromatic carbocycles. The van der Waals surface area contributed by atoms with Crippen LogP contribution in [0.25, 0.3) is 5.57 Å². The summed E-state index contributed by atoms with van der Waals surface area (Å²) in [4.78, 5) is 35.7. The van der Waals surface area contributed by atoms with Crippen LogP contribution in [0.4, 0.5) is 11.4 Å². The molecular formula is C24H22N2O5. The van der Waals surface area contributed by atoms with Gasteiger partial charge in [0.1, 0.15) is 5.75 Å². The molecule has 0 bridgehead atoms. The van der Waals surface area contributed by atoms with Crippen LogP contribution in [-0.4, -0.2) is 36.3 Å². The highest BCUT2D eigenvalue weighted by Crippen LogP contribution is 2.35. The zero-order chi connectivity index (χ0) is 22.1. The Hall–Kier alpha value is -3.87. The monoisotopic (exact) mass is 418 g/mol. The lowest BCUT2D eigenvalue weighted by Crippen LogP contribution is -2.18. The highest BCUT2D eigenvalue weighted by Gasteiger charge is 2.26. The Morgan fingerprint density at radius 1 is 1.13 bits per heavy atom. The zero-order valence-corrected chi connectivity index (χ0v) is 17.2. The van der Waals surface area contributed by atoms with E-state index in [-0.39, 0.29) is 24.4 Å². The molecule has 3 N–H and O–H groups in total. The molecule has 0 spiro atoms. The van der Waals surface area contributed by atoms with Gasteiger partial charge in [0.05, 0.1) is 30.5 Å². The van der Waals surface area contributed by atoms with Crippen LogP contribution >= 0.6 is 0 Å². The van der Waals surface area contributed by atoms with Gasteiger partial charge in [-0.1, -0.05) is 12.1 Å². The Balaban J connectivity index is 1.68. The van der Waals surface area contributed by atoms with Crippen LogP contribution in [-0.2, 0) is 16.0 Å². The fraction of sp³-hybridized carbons (Fsp3) is 0.208. The summed E-state index contributed by atoms with van der Waals surface area (Å²) in [5.74, 6) is -0.504. The third kappa shape index (κ3) is 4.07. The summed E-state index contributed by atoms with van der Waals surface area (Å²) in [6.07, 6.45) is 2.12. The number of carboxylic acids is 1. The summed E-state index contributed by atoms with van der Waals surface area (Å²) in [7, 11) is 1.51. The van der Waals surface area contributed by atoms with Crippen LogP contribution < -0.4 is 15.4 Å². The number of carboxylic acid groups (broad SMARTS) is 1. The average molecular weight is 418 g/mol. The topological polar surface area (TPSA) is 105 Å². The van der Waals surface area contributed by atoms with Gasteiger partial charge < -0.3 is 20.5 Å². The van der Waals surface area contributed by atoms with Gasteiger partial charge in [0.15, 0.2) is 11.6 Å². The Morgan fingerprint density at radius 2 is 1.94 bits per heavy atom. The second kappa shape index (κ2) is 8.10. The molecular weight excluding hydrogens is 396 g/mol. The third-order valence-electron chi connectivity index (χ3n) is 5.45. The SMILES string of the molecule is COc1cc(C2=CC3=C(CNc4cc(CC(=O)O)ccc4N3)C(=O)C2)ccc1C(C)=O. The first-order valence-corrected chi connectivity index (χ1v) is 9.87. The van der Waals surface area contributed by atoms with E-state index in [9.17, 15) is 14.4 Å². The van der Waals surface area contributed by atoms with Crippen LogP contribution in [0.2, 0.25) is 0 Å². The van der Waals surface area contributed by atoms with Crippen LogP contribution in [0.1, 0.15) is 34.8 Å². The number of hydrogen-bond donors (Lipinski definition) is 3. The van der Waals surface area contributed by atoms with Crippen molar-refractivity contribution in [3.63, 3.8) is 0 Å². The molecule has 0 saturated carbocycles. The minimum Gasteiger partial charge on any atom is -0.496 e. The van der Waals surface area contributed by atoms with Crippen molar-refractivity contribution in [1.29, 1.82) is 0 Å². The van der Waals surface area contributed by atoms with Crippen LogP contribution in [0.5, 0.6) is 5.75 Å². The predicted octanol–water partition coefficient (Wildman–Crippen LogP) is 3.67. The normalized spacial score (nSPS) is 15.0. The molecule has 0 unspecified atom stereocenters. The number of nitrogens with one attached hydrogen (secondary N) is 2. The maximum Gasteiger partial charge on any atom is 0.307 e. The number of carbonyl (C=O) groups is 3. The Morgan fingerprint density at radius 3 is 2.65 bits per heavy atom. The molecule has 0 saturated heterocycles. The van der Waals surface area contributed by atoms with Crippen molar-refractivity contribution < 1.29 is 24.2 Å². The third-order valence-corrected chi connectivity index (χ3v) is 5.45. The minimum absolute atomic E-state index is 0.000627. The molecule has 1 aliphatic carbocycles. The molecule has 0 radical (unpaired) electrons. The van der Waals surface area contributed by atoms with Crippen molar-refractivity contribution >= 4 is 34.5 Å². The maximum atomic E-state index is 12.9. The maximum absolute atomic E-state index is 12.9. The van der Waals surface area contributed by atoms with Gasteiger partial charge in [-0.3, -0.25) is 14.4 Å². The lowest BCUT2D eigenvalue weighted by Gasteiger charge is -2.19. The predicted molar refractivity (Wildman–Crippen MR) is 118 cm³/mol. The largest absolute Gasteiger partial charge is 0.496 e. The highest BCUT2D eigenvalue weighted by atomic mass is 16.5. The molecule has 0 fully saturated rings. The number of ether oxygens (including phenoxy) is 1. The second-order valence-corrected chi connectivity index (χ2v) is 7.56. The number of hydrogen-bond acceptors (Lipinski definition) is 6. The first-order chi connectivity index (χ1) is 14.9.